The first-order valence-corrected chi connectivity index (χ1v) is 6.10. The summed E-state index contributed by atoms with van der Waals surface area (Å²) in [6.07, 6.45) is 7.74. The lowest BCUT2D eigenvalue weighted by Crippen LogP contribution is -2.00. The highest BCUT2D eigenvalue weighted by atomic mass is 14.2. The third kappa shape index (κ3) is 2.50. The van der Waals surface area contributed by atoms with Gasteiger partial charge in [0.05, 0.1) is 0 Å². The van der Waals surface area contributed by atoms with Crippen LogP contribution in [0.15, 0.2) is 23.3 Å². The van der Waals surface area contributed by atoms with Gasteiger partial charge in [-0.05, 0) is 43.6 Å². The van der Waals surface area contributed by atoms with Gasteiger partial charge in [0.1, 0.15) is 0 Å². The zero-order chi connectivity index (χ0) is 10.6. The highest BCUT2D eigenvalue weighted by Crippen LogP contribution is 2.37. The molecule has 0 N–H and O–H groups in total. The van der Waals surface area contributed by atoms with E-state index in [2.05, 4.69) is 27.4 Å². The second-order valence-corrected chi connectivity index (χ2v) is 4.50. The Kier molecular flexibility index (Phi) is 4.44. The van der Waals surface area contributed by atoms with Crippen molar-refractivity contribution in [2.75, 3.05) is 0 Å². The summed E-state index contributed by atoms with van der Waals surface area (Å²) in [5, 5.41) is 0. The van der Waals surface area contributed by atoms with Crippen molar-refractivity contribution in [1.82, 2.24) is 0 Å². The minimum atomic E-state index is 0.792. The van der Waals surface area contributed by atoms with Crippen LogP contribution in [0.4, 0.5) is 0 Å². The molecular formula is C14H24. The van der Waals surface area contributed by atoms with Crippen LogP contribution in [-0.2, 0) is 0 Å². The Morgan fingerprint density at radius 3 is 2.64 bits per heavy atom. The van der Waals surface area contributed by atoms with E-state index in [-0.39, 0.29) is 0 Å². The summed E-state index contributed by atoms with van der Waals surface area (Å²) in [5.41, 5.74) is 4.73. The Labute approximate surface area is 89.1 Å². The van der Waals surface area contributed by atoms with Crippen LogP contribution < -0.4 is 0 Å². The average Bonchev–Trinajstić information content (AvgIpc) is 2.65. The van der Waals surface area contributed by atoms with Gasteiger partial charge in [-0.2, -0.15) is 0 Å². The maximum absolute atomic E-state index is 4.19. The second-order valence-electron chi connectivity index (χ2n) is 4.50. The maximum atomic E-state index is 4.19. The van der Waals surface area contributed by atoms with Gasteiger partial charge in [0, 0.05) is 0 Å². The van der Waals surface area contributed by atoms with E-state index in [1.165, 1.54) is 37.7 Å². The maximum Gasteiger partial charge on any atom is -0.0226 e. The molecule has 1 aliphatic carbocycles. The molecule has 1 unspecified atom stereocenters. The Morgan fingerprint density at radius 1 is 1.36 bits per heavy atom. The van der Waals surface area contributed by atoms with Crippen molar-refractivity contribution in [2.24, 2.45) is 5.92 Å². The fourth-order valence-electron chi connectivity index (χ4n) is 2.54. The molecule has 0 radical (unpaired) electrons. The van der Waals surface area contributed by atoms with Crippen molar-refractivity contribution >= 4 is 0 Å². The minimum absolute atomic E-state index is 0.792. The lowest BCUT2D eigenvalue weighted by molar-refractivity contribution is 0.584. The lowest BCUT2D eigenvalue weighted by Gasteiger charge is -2.15. The predicted molar refractivity (Wildman–Crippen MR) is 64.4 cm³/mol. The van der Waals surface area contributed by atoms with E-state index in [0.29, 0.717) is 0 Å². The summed E-state index contributed by atoms with van der Waals surface area (Å²) in [6, 6.07) is 0. The SMILES string of the molecule is C=C(CC)C1=C(C(C)CCC)CCC1. The van der Waals surface area contributed by atoms with Gasteiger partial charge in [-0.15, -0.1) is 0 Å². The second kappa shape index (κ2) is 5.38. The van der Waals surface area contributed by atoms with Gasteiger partial charge in [-0.1, -0.05) is 44.9 Å². The molecule has 0 fully saturated rings. The van der Waals surface area contributed by atoms with Crippen LogP contribution >= 0.6 is 0 Å². The molecule has 0 bridgehead atoms. The molecule has 1 atom stereocenters. The lowest BCUT2D eigenvalue weighted by atomic mass is 9.90. The van der Waals surface area contributed by atoms with Gasteiger partial charge < -0.3 is 0 Å². The van der Waals surface area contributed by atoms with E-state index < -0.39 is 0 Å². The quantitative estimate of drug-likeness (QED) is 0.583. The number of allylic oxidation sites excluding steroid dienone is 3. The fraction of sp³-hybridized carbons (Fsp3) is 0.714. The molecule has 14 heavy (non-hydrogen) atoms. The van der Waals surface area contributed by atoms with Crippen molar-refractivity contribution in [2.45, 2.75) is 59.3 Å². The van der Waals surface area contributed by atoms with Gasteiger partial charge in [0.25, 0.3) is 0 Å². The molecule has 0 aromatic carbocycles. The first kappa shape index (κ1) is 11.6. The van der Waals surface area contributed by atoms with E-state index in [9.17, 15) is 0 Å². The summed E-state index contributed by atoms with van der Waals surface area (Å²) in [5.74, 6) is 0.792. The zero-order valence-electron chi connectivity index (χ0n) is 10.0. The van der Waals surface area contributed by atoms with Crippen LogP contribution in [0.3, 0.4) is 0 Å². The third-order valence-corrected chi connectivity index (χ3v) is 3.43. The monoisotopic (exact) mass is 192 g/mol. The van der Waals surface area contributed by atoms with Gasteiger partial charge in [-0.25, -0.2) is 0 Å². The van der Waals surface area contributed by atoms with Crippen molar-refractivity contribution < 1.29 is 0 Å². The summed E-state index contributed by atoms with van der Waals surface area (Å²) < 4.78 is 0. The largest absolute Gasteiger partial charge is 0.0956 e. The highest BCUT2D eigenvalue weighted by Gasteiger charge is 2.19. The molecule has 80 valence electrons. The molecule has 0 spiro atoms. The van der Waals surface area contributed by atoms with Gasteiger partial charge in [0.2, 0.25) is 0 Å². The first-order chi connectivity index (χ1) is 6.70. The summed E-state index contributed by atoms with van der Waals surface area (Å²) in [4.78, 5) is 0. The third-order valence-electron chi connectivity index (χ3n) is 3.43. The smallest absolute Gasteiger partial charge is 0.0226 e. The predicted octanol–water partition coefficient (Wildman–Crippen LogP) is 4.87. The summed E-state index contributed by atoms with van der Waals surface area (Å²) in [7, 11) is 0. The van der Waals surface area contributed by atoms with Crippen LogP contribution in [-0.4, -0.2) is 0 Å². The van der Waals surface area contributed by atoms with Crippen LogP contribution in [0.5, 0.6) is 0 Å². The Balaban J connectivity index is 2.76. The van der Waals surface area contributed by atoms with Gasteiger partial charge >= 0.3 is 0 Å². The van der Waals surface area contributed by atoms with E-state index in [0.717, 1.165) is 12.3 Å². The van der Waals surface area contributed by atoms with Crippen molar-refractivity contribution in [3.63, 3.8) is 0 Å². The minimum Gasteiger partial charge on any atom is -0.0956 e. The van der Waals surface area contributed by atoms with Gasteiger partial charge in [-0.3, -0.25) is 0 Å². The number of hydrogen-bond donors (Lipinski definition) is 0. The van der Waals surface area contributed by atoms with Crippen LogP contribution in [0.2, 0.25) is 0 Å². The molecule has 0 aromatic rings. The van der Waals surface area contributed by atoms with E-state index >= 15 is 0 Å². The molecular weight excluding hydrogens is 168 g/mol. The fourth-order valence-corrected chi connectivity index (χ4v) is 2.54. The molecule has 0 aliphatic heterocycles. The Hall–Kier alpha value is -0.520. The summed E-state index contributed by atoms with van der Waals surface area (Å²) in [6.45, 7) is 11.1. The standard InChI is InChI=1S/C14H24/c1-5-8-12(4)14-10-7-9-13(14)11(3)6-2/h12H,3,5-10H2,1-2,4H3. The van der Waals surface area contributed by atoms with Crippen molar-refractivity contribution in [3.8, 4) is 0 Å². The summed E-state index contributed by atoms with van der Waals surface area (Å²) >= 11 is 0. The molecule has 0 aromatic heterocycles. The zero-order valence-corrected chi connectivity index (χ0v) is 10.0. The number of rotatable bonds is 5. The van der Waals surface area contributed by atoms with Crippen LogP contribution in [0.25, 0.3) is 0 Å². The molecule has 0 heterocycles. The van der Waals surface area contributed by atoms with Crippen LogP contribution in [0.1, 0.15) is 59.3 Å². The molecule has 0 saturated heterocycles. The van der Waals surface area contributed by atoms with E-state index in [1.54, 1.807) is 11.1 Å². The van der Waals surface area contributed by atoms with Gasteiger partial charge in [0.15, 0.2) is 0 Å². The van der Waals surface area contributed by atoms with Crippen LogP contribution in [0, 0.1) is 5.92 Å². The topological polar surface area (TPSA) is 0 Å². The molecule has 0 amide bonds. The number of hydrogen-bond acceptors (Lipinski definition) is 0. The molecule has 1 rings (SSSR count). The first-order valence-electron chi connectivity index (χ1n) is 6.10. The van der Waals surface area contributed by atoms with Crippen molar-refractivity contribution in [3.05, 3.63) is 23.3 Å². The van der Waals surface area contributed by atoms with Crippen molar-refractivity contribution in [1.29, 1.82) is 0 Å². The average molecular weight is 192 g/mol. The Bertz CT molecular complexity index is 232. The molecule has 0 heteroatoms. The Morgan fingerprint density at radius 2 is 2.07 bits per heavy atom. The van der Waals surface area contributed by atoms with E-state index in [1.807, 2.05) is 0 Å². The highest BCUT2D eigenvalue weighted by molar-refractivity contribution is 5.37. The molecule has 0 nitrogen and oxygen atoms in total. The molecule has 1 aliphatic rings. The molecule has 0 saturated carbocycles. The normalized spacial score (nSPS) is 18.8. The van der Waals surface area contributed by atoms with E-state index in [4.69, 9.17) is 0 Å².